The molecule has 2 aromatic carbocycles. The highest BCUT2D eigenvalue weighted by Crippen LogP contribution is 2.33. The van der Waals surface area contributed by atoms with Crippen LogP contribution in [0, 0.1) is 5.92 Å². The third kappa shape index (κ3) is 5.66. The Kier molecular flexibility index (Phi) is 7.99. The lowest BCUT2D eigenvalue weighted by Gasteiger charge is -2.31. The minimum absolute atomic E-state index is 0.0532. The Morgan fingerprint density at radius 3 is 2.30 bits per heavy atom. The van der Waals surface area contributed by atoms with Crippen molar-refractivity contribution in [3.05, 3.63) is 58.6 Å². The van der Waals surface area contributed by atoms with Crippen LogP contribution in [0.1, 0.15) is 19.3 Å². The van der Waals surface area contributed by atoms with Gasteiger partial charge < -0.3 is 10.1 Å². The highest BCUT2D eigenvalue weighted by atomic mass is 35.5. The van der Waals surface area contributed by atoms with Gasteiger partial charge in [0.15, 0.2) is 0 Å². The molecular formula is C21H24Cl2N2O4S. The number of carbonyl (C=O) groups is 1. The minimum atomic E-state index is -3.80. The summed E-state index contributed by atoms with van der Waals surface area (Å²) in [4.78, 5) is 12.3. The molecule has 1 N–H and O–H groups in total. The molecular weight excluding hydrogens is 447 g/mol. The number of para-hydroxylation sites is 1. The van der Waals surface area contributed by atoms with E-state index in [1.807, 2.05) is 30.3 Å². The first-order valence-electron chi connectivity index (χ1n) is 9.79. The molecule has 1 amide bonds. The van der Waals surface area contributed by atoms with Gasteiger partial charge in [-0.25, -0.2) is 8.42 Å². The van der Waals surface area contributed by atoms with Crippen molar-refractivity contribution in [1.82, 2.24) is 9.62 Å². The maximum absolute atomic E-state index is 12.9. The maximum atomic E-state index is 12.9. The number of ether oxygens (including phenoxy) is 1. The van der Waals surface area contributed by atoms with Gasteiger partial charge in [-0.15, -0.1) is 0 Å². The number of rotatable bonds is 8. The van der Waals surface area contributed by atoms with Gasteiger partial charge in [0.2, 0.25) is 15.9 Å². The summed E-state index contributed by atoms with van der Waals surface area (Å²) >= 11 is 12.1. The maximum Gasteiger partial charge on any atom is 0.246 e. The zero-order valence-corrected chi connectivity index (χ0v) is 18.7. The quantitative estimate of drug-likeness (QED) is 0.591. The second-order valence-electron chi connectivity index (χ2n) is 7.04. The summed E-state index contributed by atoms with van der Waals surface area (Å²) < 4.78 is 32.8. The van der Waals surface area contributed by atoms with Crippen LogP contribution in [0.5, 0.6) is 5.75 Å². The van der Waals surface area contributed by atoms with Gasteiger partial charge in [-0.1, -0.05) is 47.5 Å². The molecule has 0 atom stereocenters. The summed E-state index contributed by atoms with van der Waals surface area (Å²) in [6.45, 7) is 1.52. The van der Waals surface area contributed by atoms with E-state index >= 15 is 0 Å². The minimum Gasteiger partial charge on any atom is -0.494 e. The van der Waals surface area contributed by atoms with E-state index in [2.05, 4.69) is 5.32 Å². The normalized spacial score (nSPS) is 15.7. The fourth-order valence-corrected chi connectivity index (χ4v) is 5.91. The summed E-state index contributed by atoms with van der Waals surface area (Å²) in [7, 11) is -3.80. The van der Waals surface area contributed by atoms with E-state index in [1.165, 1.54) is 16.4 Å². The number of carbonyl (C=O) groups excluding carboxylic acids is 1. The van der Waals surface area contributed by atoms with Crippen LogP contribution in [-0.4, -0.2) is 44.9 Å². The van der Waals surface area contributed by atoms with E-state index in [1.54, 1.807) is 6.07 Å². The SMILES string of the molecule is O=C(NCCCOc1ccccc1)C1CCN(S(=O)(=O)c2c(Cl)cccc2Cl)CC1. The molecule has 0 aliphatic carbocycles. The van der Waals surface area contributed by atoms with Gasteiger partial charge in [0, 0.05) is 25.6 Å². The smallest absolute Gasteiger partial charge is 0.246 e. The van der Waals surface area contributed by atoms with Crippen molar-refractivity contribution < 1.29 is 17.9 Å². The number of hydrogen-bond donors (Lipinski definition) is 1. The molecule has 0 unspecified atom stereocenters. The molecule has 6 nitrogen and oxygen atoms in total. The van der Waals surface area contributed by atoms with E-state index in [4.69, 9.17) is 27.9 Å². The van der Waals surface area contributed by atoms with Crippen LogP contribution in [0.4, 0.5) is 0 Å². The third-order valence-corrected chi connectivity index (χ3v) is 7.83. The molecule has 1 saturated heterocycles. The lowest BCUT2D eigenvalue weighted by Crippen LogP contribution is -2.43. The monoisotopic (exact) mass is 470 g/mol. The van der Waals surface area contributed by atoms with Crippen molar-refractivity contribution in [3.63, 3.8) is 0 Å². The molecule has 1 heterocycles. The van der Waals surface area contributed by atoms with Gasteiger partial charge >= 0.3 is 0 Å². The van der Waals surface area contributed by atoms with Crippen molar-refractivity contribution >= 4 is 39.1 Å². The fraction of sp³-hybridized carbons (Fsp3) is 0.381. The van der Waals surface area contributed by atoms with Gasteiger partial charge in [0.1, 0.15) is 10.6 Å². The standard InChI is InChI=1S/C21H24Cl2N2O4S/c22-18-8-4-9-19(23)20(18)30(27,28)25-13-10-16(11-14-25)21(26)24-12-5-15-29-17-6-2-1-3-7-17/h1-4,6-9,16H,5,10-15H2,(H,24,26). The van der Waals surface area contributed by atoms with Gasteiger partial charge in [-0.2, -0.15) is 4.31 Å². The van der Waals surface area contributed by atoms with Crippen LogP contribution < -0.4 is 10.1 Å². The van der Waals surface area contributed by atoms with E-state index in [0.29, 0.717) is 32.4 Å². The highest BCUT2D eigenvalue weighted by molar-refractivity contribution is 7.89. The van der Waals surface area contributed by atoms with E-state index in [0.717, 1.165) is 5.75 Å². The average Bonchev–Trinajstić information content (AvgIpc) is 2.74. The Morgan fingerprint density at radius 1 is 1.03 bits per heavy atom. The molecule has 2 aromatic rings. The van der Waals surface area contributed by atoms with Crippen LogP contribution in [0.3, 0.4) is 0 Å². The molecule has 3 rings (SSSR count). The largest absolute Gasteiger partial charge is 0.494 e. The zero-order valence-electron chi connectivity index (χ0n) is 16.4. The molecule has 0 radical (unpaired) electrons. The predicted molar refractivity (Wildman–Crippen MR) is 118 cm³/mol. The van der Waals surface area contributed by atoms with Gasteiger partial charge in [-0.3, -0.25) is 4.79 Å². The number of sulfonamides is 1. The molecule has 1 aliphatic rings. The first-order valence-corrected chi connectivity index (χ1v) is 12.0. The zero-order chi connectivity index (χ0) is 21.6. The first-order chi connectivity index (χ1) is 14.4. The van der Waals surface area contributed by atoms with Crippen molar-refractivity contribution in [2.24, 2.45) is 5.92 Å². The topological polar surface area (TPSA) is 75.7 Å². The Morgan fingerprint density at radius 2 is 1.67 bits per heavy atom. The second kappa shape index (κ2) is 10.5. The lowest BCUT2D eigenvalue weighted by molar-refractivity contribution is -0.126. The highest BCUT2D eigenvalue weighted by Gasteiger charge is 2.34. The number of piperidine rings is 1. The number of halogens is 2. The van der Waals surface area contributed by atoms with Crippen molar-refractivity contribution in [2.75, 3.05) is 26.2 Å². The Balaban J connectivity index is 1.44. The van der Waals surface area contributed by atoms with Crippen LogP contribution in [-0.2, 0) is 14.8 Å². The summed E-state index contributed by atoms with van der Waals surface area (Å²) in [5, 5.41) is 3.11. The Bertz CT molecular complexity index is 942. The summed E-state index contributed by atoms with van der Waals surface area (Å²) in [5.74, 6) is 0.534. The molecule has 162 valence electrons. The summed E-state index contributed by atoms with van der Waals surface area (Å²) in [6.07, 6.45) is 1.60. The molecule has 1 aliphatic heterocycles. The third-order valence-electron chi connectivity index (χ3n) is 4.97. The number of nitrogens with one attached hydrogen (secondary N) is 1. The average molecular weight is 471 g/mol. The van der Waals surface area contributed by atoms with E-state index < -0.39 is 10.0 Å². The lowest BCUT2D eigenvalue weighted by atomic mass is 9.97. The van der Waals surface area contributed by atoms with Crippen LogP contribution >= 0.6 is 23.2 Å². The number of nitrogens with zero attached hydrogens (tertiary/aromatic N) is 1. The molecule has 30 heavy (non-hydrogen) atoms. The Labute approximate surface area is 187 Å². The molecule has 0 saturated carbocycles. The molecule has 0 spiro atoms. The molecule has 0 bridgehead atoms. The van der Waals surface area contributed by atoms with Crippen molar-refractivity contribution in [2.45, 2.75) is 24.2 Å². The first kappa shape index (κ1) is 22.9. The number of benzene rings is 2. The molecule has 9 heteroatoms. The van der Waals surface area contributed by atoms with Crippen molar-refractivity contribution in [1.29, 1.82) is 0 Å². The van der Waals surface area contributed by atoms with Crippen LogP contribution in [0.2, 0.25) is 10.0 Å². The molecule has 0 aromatic heterocycles. The molecule has 1 fully saturated rings. The predicted octanol–water partition coefficient (Wildman–Crippen LogP) is 3.98. The Hall–Kier alpha value is -1.80. The van der Waals surface area contributed by atoms with Gasteiger partial charge in [0.25, 0.3) is 0 Å². The number of amides is 1. The van der Waals surface area contributed by atoms with Crippen LogP contribution in [0.25, 0.3) is 0 Å². The fourth-order valence-electron chi connectivity index (χ4n) is 3.35. The van der Waals surface area contributed by atoms with E-state index in [9.17, 15) is 13.2 Å². The summed E-state index contributed by atoms with van der Waals surface area (Å²) in [5.41, 5.74) is 0. The van der Waals surface area contributed by atoms with E-state index in [-0.39, 0.29) is 39.9 Å². The second-order valence-corrected chi connectivity index (χ2v) is 9.72. The number of hydrogen-bond acceptors (Lipinski definition) is 4. The van der Waals surface area contributed by atoms with Gasteiger partial charge in [-0.05, 0) is 43.5 Å². The summed E-state index contributed by atoms with van der Waals surface area (Å²) in [6, 6.07) is 14.1. The van der Waals surface area contributed by atoms with Gasteiger partial charge in [0.05, 0.1) is 16.7 Å². The van der Waals surface area contributed by atoms with Crippen molar-refractivity contribution in [3.8, 4) is 5.75 Å². The van der Waals surface area contributed by atoms with Crippen LogP contribution in [0.15, 0.2) is 53.4 Å².